The van der Waals surface area contributed by atoms with Gasteiger partial charge >= 0.3 is 0 Å². The maximum absolute atomic E-state index is 12.1. The molecule has 1 amide bonds. The van der Waals surface area contributed by atoms with Crippen LogP contribution < -0.4 is 10.9 Å². The van der Waals surface area contributed by atoms with Gasteiger partial charge in [-0.05, 0) is 38.3 Å². The molecule has 3 aliphatic rings. The Morgan fingerprint density at radius 2 is 2.20 bits per heavy atom. The summed E-state index contributed by atoms with van der Waals surface area (Å²) in [6.07, 6.45) is 4.63. The minimum Gasteiger partial charge on any atom is -0.345 e. The summed E-state index contributed by atoms with van der Waals surface area (Å²) in [5, 5.41) is 2.95. The molecule has 4 rings (SSSR count). The van der Waals surface area contributed by atoms with Crippen LogP contribution in [0.25, 0.3) is 0 Å². The number of carbonyl (C=O) groups is 1. The number of amides is 1. The molecule has 0 unspecified atom stereocenters. The highest BCUT2D eigenvalue weighted by Gasteiger charge is 2.30. The van der Waals surface area contributed by atoms with Gasteiger partial charge in [-0.2, -0.15) is 0 Å². The molecule has 7 heteroatoms. The number of carbonyl (C=O) groups excluding carboxylic acids is 1. The first-order valence-corrected chi connectivity index (χ1v) is 7.27. The molecule has 0 spiro atoms. The third-order valence-corrected chi connectivity index (χ3v) is 4.38. The Bertz CT molecular complexity index is 552. The van der Waals surface area contributed by atoms with Crippen LogP contribution in [0.1, 0.15) is 29.9 Å². The van der Waals surface area contributed by atoms with Gasteiger partial charge in [0.1, 0.15) is 5.02 Å². The lowest BCUT2D eigenvalue weighted by Crippen LogP contribution is -2.42. The minimum atomic E-state index is -0.489. The third kappa shape index (κ3) is 2.86. The third-order valence-electron chi connectivity index (χ3n) is 4.11. The number of nitrogens with one attached hydrogen (secondary N) is 2. The highest BCUT2D eigenvalue weighted by molar-refractivity contribution is 6.30. The van der Waals surface area contributed by atoms with Crippen molar-refractivity contribution in [3.8, 4) is 0 Å². The van der Waals surface area contributed by atoms with E-state index in [1.165, 1.54) is 19.0 Å². The molecule has 0 radical (unpaired) electrons. The molecule has 0 saturated carbocycles. The van der Waals surface area contributed by atoms with Crippen molar-refractivity contribution >= 4 is 17.5 Å². The summed E-state index contributed by atoms with van der Waals surface area (Å²) in [6.45, 7) is 3.11. The fourth-order valence-corrected chi connectivity index (χ4v) is 3.14. The molecule has 3 saturated heterocycles. The average Bonchev–Trinajstić information content (AvgIpc) is 2.74. The Morgan fingerprint density at radius 1 is 1.45 bits per heavy atom. The summed E-state index contributed by atoms with van der Waals surface area (Å²) >= 11 is 5.60. The van der Waals surface area contributed by atoms with Crippen molar-refractivity contribution in [2.75, 3.05) is 19.6 Å². The highest BCUT2D eigenvalue weighted by atomic mass is 35.5. The molecule has 2 bridgehead atoms. The molecular formula is C13H17ClN4O2. The zero-order valence-electron chi connectivity index (χ0n) is 11.1. The number of fused-ring (bicyclic) bond motifs is 4. The molecule has 108 valence electrons. The van der Waals surface area contributed by atoms with Crippen molar-refractivity contribution in [2.24, 2.45) is 5.92 Å². The van der Waals surface area contributed by atoms with Crippen LogP contribution in [0.2, 0.25) is 5.02 Å². The quantitative estimate of drug-likeness (QED) is 0.839. The van der Waals surface area contributed by atoms with E-state index in [0.29, 0.717) is 5.92 Å². The van der Waals surface area contributed by atoms with Gasteiger partial charge in [0, 0.05) is 12.6 Å². The zero-order valence-corrected chi connectivity index (χ0v) is 11.8. The van der Waals surface area contributed by atoms with Gasteiger partial charge < -0.3 is 15.2 Å². The van der Waals surface area contributed by atoms with Crippen molar-refractivity contribution in [1.82, 2.24) is 20.2 Å². The molecule has 4 heterocycles. The van der Waals surface area contributed by atoms with Gasteiger partial charge in [0.25, 0.3) is 11.5 Å². The number of hydrogen-bond acceptors (Lipinski definition) is 4. The van der Waals surface area contributed by atoms with E-state index in [0.717, 1.165) is 26.1 Å². The Balaban J connectivity index is 1.69. The van der Waals surface area contributed by atoms with E-state index in [1.54, 1.807) is 0 Å². The topological polar surface area (TPSA) is 78.1 Å². The van der Waals surface area contributed by atoms with Gasteiger partial charge in [0.2, 0.25) is 0 Å². The van der Waals surface area contributed by atoms with Gasteiger partial charge in [-0.3, -0.25) is 9.59 Å². The van der Waals surface area contributed by atoms with Crippen molar-refractivity contribution in [2.45, 2.75) is 25.3 Å². The van der Waals surface area contributed by atoms with Gasteiger partial charge in [0.05, 0.1) is 6.20 Å². The fraction of sp³-hybridized carbons (Fsp3) is 0.615. The fourth-order valence-electron chi connectivity index (χ4n) is 3.05. The smallest absolute Gasteiger partial charge is 0.287 e. The number of piperidine rings is 1. The molecule has 1 atom stereocenters. The molecule has 0 aromatic carbocycles. The van der Waals surface area contributed by atoms with E-state index in [4.69, 9.17) is 11.6 Å². The second-order valence-electron chi connectivity index (χ2n) is 5.56. The summed E-state index contributed by atoms with van der Waals surface area (Å²) in [6, 6.07) is 0.124. The predicted octanol–water partition coefficient (Wildman–Crippen LogP) is 0.637. The average molecular weight is 297 g/mol. The number of halogens is 1. The van der Waals surface area contributed by atoms with E-state index in [-0.39, 0.29) is 22.8 Å². The van der Waals surface area contributed by atoms with Crippen molar-refractivity contribution < 1.29 is 4.79 Å². The second kappa shape index (κ2) is 5.54. The summed E-state index contributed by atoms with van der Waals surface area (Å²) < 4.78 is 0. The van der Waals surface area contributed by atoms with Crippen LogP contribution in [-0.2, 0) is 0 Å². The molecule has 20 heavy (non-hydrogen) atoms. The van der Waals surface area contributed by atoms with Crippen molar-refractivity contribution in [3.05, 3.63) is 27.4 Å². The van der Waals surface area contributed by atoms with Crippen LogP contribution in [0.4, 0.5) is 0 Å². The van der Waals surface area contributed by atoms with Crippen LogP contribution in [-0.4, -0.2) is 46.5 Å². The first-order chi connectivity index (χ1) is 9.61. The van der Waals surface area contributed by atoms with Gasteiger partial charge in [-0.1, -0.05) is 11.6 Å². The van der Waals surface area contributed by atoms with E-state index >= 15 is 0 Å². The number of hydrogen-bond donors (Lipinski definition) is 2. The van der Waals surface area contributed by atoms with E-state index in [9.17, 15) is 9.59 Å². The Hall–Kier alpha value is -1.40. The standard InChI is InChI=1S/C13H17ClN4O2/c14-10-6-15-11(17-12(10)19)13(20)16-9-5-8-1-3-18(7-9)4-2-8/h6,8-9H,1-5,7H2,(H,16,20)(H,15,17,19)/t9-/m1/s1. The monoisotopic (exact) mass is 296 g/mol. The molecule has 3 fully saturated rings. The number of aromatic amines is 1. The van der Waals surface area contributed by atoms with Gasteiger partial charge in [-0.25, -0.2) is 4.98 Å². The van der Waals surface area contributed by atoms with Crippen LogP contribution >= 0.6 is 11.6 Å². The second-order valence-corrected chi connectivity index (χ2v) is 5.97. The van der Waals surface area contributed by atoms with Gasteiger partial charge in [-0.15, -0.1) is 0 Å². The molecule has 1 aromatic rings. The molecule has 2 N–H and O–H groups in total. The molecule has 0 aliphatic carbocycles. The Labute approximate surface area is 121 Å². The highest BCUT2D eigenvalue weighted by Crippen LogP contribution is 2.26. The Kier molecular flexibility index (Phi) is 3.76. The number of H-pyrrole nitrogens is 1. The van der Waals surface area contributed by atoms with E-state index in [1.807, 2.05) is 0 Å². The summed E-state index contributed by atoms with van der Waals surface area (Å²) in [5.41, 5.74) is -0.489. The van der Waals surface area contributed by atoms with E-state index < -0.39 is 5.56 Å². The lowest BCUT2D eigenvalue weighted by molar-refractivity contribution is 0.0918. The SMILES string of the molecule is O=C(N[C@@H]1CC2CCN(CC2)C1)c1ncc(Cl)c(=O)[nH]1. The lowest BCUT2D eigenvalue weighted by atomic mass is 9.94. The molecular weight excluding hydrogens is 280 g/mol. The lowest BCUT2D eigenvalue weighted by Gasteiger charge is -2.26. The zero-order chi connectivity index (χ0) is 14.1. The Morgan fingerprint density at radius 3 is 2.90 bits per heavy atom. The number of aromatic nitrogens is 2. The first kappa shape index (κ1) is 13.6. The van der Waals surface area contributed by atoms with Crippen LogP contribution in [0.15, 0.2) is 11.0 Å². The molecule has 1 aromatic heterocycles. The summed E-state index contributed by atoms with van der Waals surface area (Å²) in [4.78, 5) is 32.2. The first-order valence-electron chi connectivity index (χ1n) is 6.90. The number of rotatable bonds is 2. The largest absolute Gasteiger partial charge is 0.345 e. The summed E-state index contributed by atoms with van der Waals surface area (Å²) in [5.74, 6) is 0.369. The van der Waals surface area contributed by atoms with Crippen LogP contribution in [0, 0.1) is 5.92 Å². The maximum atomic E-state index is 12.1. The van der Waals surface area contributed by atoms with Crippen LogP contribution in [0.5, 0.6) is 0 Å². The molecule has 6 nitrogen and oxygen atoms in total. The predicted molar refractivity (Wildman–Crippen MR) is 74.9 cm³/mol. The van der Waals surface area contributed by atoms with Crippen molar-refractivity contribution in [1.29, 1.82) is 0 Å². The van der Waals surface area contributed by atoms with E-state index in [2.05, 4.69) is 20.2 Å². The maximum Gasteiger partial charge on any atom is 0.287 e. The van der Waals surface area contributed by atoms with Crippen LogP contribution in [0.3, 0.4) is 0 Å². The van der Waals surface area contributed by atoms with Gasteiger partial charge in [0.15, 0.2) is 5.82 Å². The normalized spacial score (nSPS) is 28.9. The minimum absolute atomic E-state index is 0.0137. The van der Waals surface area contributed by atoms with Crippen molar-refractivity contribution in [3.63, 3.8) is 0 Å². The number of nitrogens with zero attached hydrogens (tertiary/aromatic N) is 2. The summed E-state index contributed by atoms with van der Waals surface area (Å²) in [7, 11) is 0. The molecule has 3 aliphatic heterocycles.